The van der Waals surface area contributed by atoms with Gasteiger partial charge in [-0.15, -0.1) is 0 Å². The van der Waals surface area contributed by atoms with Gasteiger partial charge in [0.2, 0.25) is 5.91 Å². The molecule has 1 aliphatic carbocycles. The molecule has 3 heterocycles. The van der Waals surface area contributed by atoms with Crippen LogP contribution >= 0.6 is 0 Å². The molecule has 6 nitrogen and oxygen atoms in total. The first-order valence-corrected chi connectivity index (χ1v) is 12.4. The zero-order valence-electron chi connectivity index (χ0n) is 19.7. The summed E-state index contributed by atoms with van der Waals surface area (Å²) < 4.78 is 46.7. The summed E-state index contributed by atoms with van der Waals surface area (Å²) in [5.41, 5.74) is 3.81. The van der Waals surface area contributed by atoms with Crippen molar-refractivity contribution in [3.05, 3.63) is 60.3 Å². The molecule has 2 aromatic carbocycles. The summed E-state index contributed by atoms with van der Waals surface area (Å²) in [4.78, 5) is 14.5. The number of likely N-dealkylation sites (tertiary alicyclic amines) is 1. The van der Waals surface area contributed by atoms with Crippen molar-refractivity contribution in [2.75, 3.05) is 25.0 Å². The average molecular weight is 497 g/mol. The zero-order valence-corrected chi connectivity index (χ0v) is 19.7. The third-order valence-electron chi connectivity index (χ3n) is 7.67. The number of para-hydroxylation sites is 1. The number of carbonyl (C=O) groups excluding carboxylic acids is 1. The number of fused-ring (bicyclic) bond motifs is 2. The van der Waals surface area contributed by atoms with Gasteiger partial charge in [0.15, 0.2) is 0 Å². The van der Waals surface area contributed by atoms with Crippen LogP contribution in [0, 0.1) is 0 Å². The smallest absolute Gasteiger partial charge is 0.401 e. The van der Waals surface area contributed by atoms with E-state index < -0.39 is 18.1 Å². The van der Waals surface area contributed by atoms with Crippen LogP contribution in [0.3, 0.4) is 0 Å². The van der Waals surface area contributed by atoms with E-state index in [0.29, 0.717) is 37.4 Å². The largest absolute Gasteiger partial charge is 0.488 e. The number of anilines is 1. The van der Waals surface area contributed by atoms with Gasteiger partial charge in [-0.1, -0.05) is 24.6 Å². The summed E-state index contributed by atoms with van der Waals surface area (Å²) in [7, 11) is 0. The first-order chi connectivity index (χ1) is 17.3. The van der Waals surface area contributed by atoms with E-state index in [1.54, 1.807) is 6.20 Å². The lowest BCUT2D eigenvalue weighted by molar-refractivity contribution is -0.149. The van der Waals surface area contributed by atoms with Gasteiger partial charge in [-0.25, -0.2) is 4.68 Å². The molecule has 1 N–H and O–H groups in total. The van der Waals surface area contributed by atoms with E-state index in [9.17, 15) is 18.0 Å². The Morgan fingerprint density at radius 2 is 1.83 bits per heavy atom. The average Bonchev–Trinajstić information content (AvgIpc) is 3.42. The molecule has 1 saturated heterocycles. The lowest BCUT2D eigenvalue weighted by Crippen LogP contribution is -2.42. The molecule has 36 heavy (non-hydrogen) atoms. The maximum atomic E-state index is 13.0. The highest BCUT2D eigenvalue weighted by Gasteiger charge is 2.52. The van der Waals surface area contributed by atoms with Crippen molar-refractivity contribution < 1.29 is 22.7 Å². The van der Waals surface area contributed by atoms with Crippen molar-refractivity contribution in [3.63, 3.8) is 0 Å². The Balaban J connectivity index is 1.34. The van der Waals surface area contributed by atoms with Crippen molar-refractivity contribution in [2.45, 2.75) is 49.8 Å². The van der Waals surface area contributed by atoms with Gasteiger partial charge in [0.25, 0.3) is 0 Å². The molecule has 0 atom stereocenters. The number of rotatable bonds is 5. The summed E-state index contributed by atoms with van der Waals surface area (Å²) in [6.45, 7) is -0.251. The topological polar surface area (TPSA) is 59.4 Å². The van der Waals surface area contributed by atoms with Gasteiger partial charge in [0.05, 0.1) is 35.2 Å². The van der Waals surface area contributed by atoms with Crippen LogP contribution in [-0.2, 0) is 10.2 Å². The SMILES string of the molecule is O=C1Nc2c(OC3CCN(CC(F)(F)F)CC3)cc(-c3ccnn3-c3ccccc3)cc2C12CCC2. The molecule has 9 heteroatoms. The van der Waals surface area contributed by atoms with Crippen molar-refractivity contribution in [2.24, 2.45) is 0 Å². The summed E-state index contributed by atoms with van der Waals surface area (Å²) in [5, 5.41) is 7.58. The second kappa shape index (κ2) is 8.65. The molecule has 2 aliphatic heterocycles. The van der Waals surface area contributed by atoms with Gasteiger partial charge in [-0.2, -0.15) is 18.3 Å². The van der Waals surface area contributed by atoms with Crippen molar-refractivity contribution >= 4 is 11.6 Å². The molecule has 188 valence electrons. The number of halogens is 3. The van der Waals surface area contributed by atoms with Crippen molar-refractivity contribution in [3.8, 4) is 22.7 Å². The molecule has 1 spiro atoms. The normalized spacial score (nSPS) is 19.7. The summed E-state index contributed by atoms with van der Waals surface area (Å²) in [6, 6.07) is 15.8. The number of nitrogens with zero attached hydrogens (tertiary/aromatic N) is 3. The Bertz CT molecular complexity index is 1280. The third kappa shape index (κ3) is 4.05. The third-order valence-corrected chi connectivity index (χ3v) is 7.67. The number of ether oxygens (including phenoxy) is 1. The monoisotopic (exact) mass is 496 g/mol. The van der Waals surface area contributed by atoms with E-state index in [1.807, 2.05) is 47.1 Å². The van der Waals surface area contributed by atoms with E-state index in [-0.39, 0.29) is 12.0 Å². The van der Waals surface area contributed by atoms with Crippen LogP contribution in [0.15, 0.2) is 54.7 Å². The van der Waals surface area contributed by atoms with Gasteiger partial charge < -0.3 is 10.1 Å². The van der Waals surface area contributed by atoms with Gasteiger partial charge in [0.1, 0.15) is 11.9 Å². The fraction of sp³-hybridized carbons (Fsp3) is 0.407. The van der Waals surface area contributed by atoms with E-state index >= 15 is 0 Å². The number of piperidine rings is 1. The molecule has 1 saturated carbocycles. The second-order valence-corrected chi connectivity index (χ2v) is 9.96. The van der Waals surface area contributed by atoms with Crippen LogP contribution in [0.5, 0.6) is 5.75 Å². The van der Waals surface area contributed by atoms with Crippen molar-refractivity contribution in [1.29, 1.82) is 0 Å². The molecule has 6 rings (SSSR count). The molecule has 0 unspecified atom stereocenters. The molecular weight excluding hydrogens is 469 g/mol. The predicted octanol–water partition coefficient (Wildman–Crippen LogP) is 5.32. The zero-order chi connectivity index (χ0) is 24.9. The minimum Gasteiger partial charge on any atom is -0.488 e. The first-order valence-electron chi connectivity index (χ1n) is 12.4. The number of nitrogens with one attached hydrogen (secondary N) is 1. The van der Waals surface area contributed by atoms with Gasteiger partial charge in [-0.3, -0.25) is 9.69 Å². The molecule has 3 aromatic rings. The van der Waals surface area contributed by atoms with E-state index in [1.165, 1.54) is 4.90 Å². The standard InChI is InChI=1S/C27H27F3N4O2/c28-27(29,30)17-33-13-8-20(9-14-33)36-23-16-18(15-21-24(23)32-25(35)26(21)10-4-11-26)22-7-12-31-34(22)19-5-2-1-3-6-19/h1-3,5-7,12,15-16,20H,4,8-11,13-14,17H2,(H,32,35). The van der Waals surface area contributed by atoms with Gasteiger partial charge in [-0.05, 0) is 61.6 Å². The highest BCUT2D eigenvalue weighted by molar-refractivity contribution is 6.09. The molecular formula is C27H27F3N4O2. The van der Waals surface area contributed by atoms with Crippen LogP contribution < -0.4 is 10.1 Å². The first kappa shape index (κ1) is 23.1. The summed E-state index contributed by atoms with van der Waals surface area (Å²) >= 11 is 0. The highest BCUT2D eigenvalue weighted by atomic mass is 19.4. The Hall–Kier alpha value is -3.33. The van der Waals surface area contributed by atoms with Crippen LogP contribution in [0.2, 0.25) is 0 Å². The quantitative estimate of drug-likeness (QED) is 0.520. The number of benzene rings is 2. The fourth-order valence-electron chi connectivity index (χ4n) is 5.66. The number of hydrogen-bond donors (Lipinski definition) is 1. The predicted molar refractivity (Wildman–Crippen MR) is 129 cm³/mol. The number of amides is 1. The van der Waals surface area contributed by atoms with Crippen LogP contribution in [-0.4, -0.2) is 52.5 Å². The van der Waals surface area contributed by atoms with Gasteiger partial charge in [0, 0.05) is 18.7 Å². The molecule has 2 fully saturated rings. The molecule has 1 aromatic heterocycles. The van der Waals surface area contributed by atoms with Gasteiger partial charge >= 0.3 is 6.18 Å². The molecule has 3 aliphatic rings. The lowest BCUT2D eigenvalue weighted by Gasteiger charge is -2.36. The number of alkyl halides is 3. The Kier molecular flexibility index (Phi) is 5.55. The maximum absolute atomic E-state index is 13.0. The van der Waals surface area contributed by atoms with E-state index in [2.05, 4.69) is 16.5 Å². The molecule has 0 bridgehead atoms. The summed E-state index contributed by atoms with van der Waals surface area (Å²) in [6.07, 6.45) is 0.896. The van der Waals surface area contributed by atoms with Crippen molar-refractivity contribution in [1.82, 2.24) is 14.7 Å². The lowest BCUT2D eigenvalue weighted by atomic mass is 9.65. The number of hydrogen-bond acceptors (Lipinski definition) is 4. The minimum atomic E-state index is -4.20. The maximum Gasteiger partial charge on any atom is 0.401 e. The fourth-order valence-corrected chi connectivity index (χ4v) is 5.66. The highest BCUT2D eigenvalue weighted by Crippen LogP contribution is 2.55. The Labute approximate surface area is 207 Å². The molecule has 1 amide bonds. The van der Waals surface area contributed by atoms with Crippen LogP contribution in [0.1, 0.15) is 37.7 Å². The Morgan fingerprint density at radius 3 is 2.50 bits per heavy atom. The van der Waals surface area contributed by atoms with E-state index in [4.69, 9.17) is 4.74 Å². The summed E-state index contributed by atoms with van der Waals surface area (Å²) in [5.74, 6) is 0.581. The Morgan fingerprint density at radius 1 is 1.08 bits per heavy atom. The van der Waals surface area contributed by atoms with E-state index in [0.717, 1.165) is 41.8 Å². The number of carbonyl (C=O) groups is 1. The number of aromatic nitrogens is 2. The van der Waals surface area contributed by atoms with Crippen LogP contribution in [0.4, 0.5) is 18.9 Å². The molecule has 0 radical (unpaired) electrons. The van der Waals surface area contributed by atoms with Crippen LogP contribution in [0.25, 0.3) is 16.9 Å². The minimum absolute atomic E-state index is 0.00214. The second-order valence-electron chi connectivity index (χ2n) is 9.96.